The highest BCUT2D eigenvalue weighted by atomic mass is 35.5. The Bertz CT molecular complexity index is 1310. The van der Waals surface area contributed by atoms with Crippen LogP contribution < -0.4 is 10.1 Å². The summed E-state index contributed by atoms with van der Waals surface area (Å²) in [7, 11) is 0. The van der Waals surface area contributed by atoms with Crippen LogP contribution in [0.4, 0.5) is 10.1 Å². The Labute approximate surface area is 199 Å². The van der Waals surface area contributed by atoms with Crippen molar-refractivity contribution in [2.24, 2.45) is 5.92 Å². The third-order valence-electron chi connectivity index (χ3n) is 5.70. The lowest BCUT2D eigenvalue weighted by Gasteiger charge is -2.13. The zero-order valence-electron chi connectivity index (χ0n) is 18.1. The van der Waals surface area contributed by atoms with Crippen LogP contribution in [-0.2, 0) is 4.79 Å². The number of carbonyl (C=O) groups excluding carboxylic acids is 1. The van der Waals surface area contributed by atoms with Crippen molar-refractivity contribution in [2.45, 2.75) is 19.3 Å². The van der Waals surface area contributed by atoms with E-state index in [0.717, 1.165) is 12.0 Å². The van der Waals surface area contributed by atoms with Crippen molar-refractivity contribution >= 4 is 23.2 Å². The number of carbonyl (C=O) groups is 1. The number of nitrogens with zero attached hydrogens (tertiary/aromatic N) is 4. The average Bonchev–Trinajstić information content (AvgIpc) is 3.44. The monoisotopic (exact) mass is 478 g/mol. The molecule has 8 nitrogen and oxygen atoms in total. The summed E-state index contributed by atoms with van der Waals surface area (Å²) in [5, 5.41) is 17.3. The van der Waals surface area contributed by atoms with Crippen LogP contribution >= 0.6 is 11.6 Å². The Balaban J connectivity index is 1.42. The van der Waals surface area contributed by atoms with Crippen LogP contribution in [0.1, 0.15) is 24.8 Å². The van der Waals surface area contributed by atoms with Gasteiger partial charge < -0.3 is 10.1 Å². The summed E-state index contributed by atoms with van der Waals surface area (Å²) in [6, 6.07) is 13.8. The van der Waals surface area contributed by atoms with E-state index in [0.29, 0.717) is 34.3 Å². The molecule has 2 unspecified atom stereocenters. The maximum absolute atomic E-state index is 15.4. The molecule has 1 aliphatic rings. The Morgan fingerprint density at radius 1 is 1.24 bits per heavy atom. The van der Waals surface area contributed by atoms with E-state index in [1.165, 1.54) is 12.3 Å². The number of benzene rings is 2. The fourth-order valence-electron chi connectivity index (χ4n) is 3.99. The number of hydrogen-bond donors (Lipinski definition) is 2. The van der Waals surface area contributed by atoms with E-state index in [4.69, 9.17) is 16.3 Å². The largest absolute Gasteiger partial charge is 0.478 e. The molecular formula is C24H20ClFN6O2. The number of aromatic amines is 1. The molecule has 0 spiro atoms. The van der Waals surface area contributed by atoms with Gasteiger partial charge in [0.25, 0.3) is 0 Å². The molecule has 1 aliphatic carbocycles. The first-order valence-electron chi connectivity index (χ1n) is 10.8. The maximum Gasteiger partial charge on any atom is 0.228 e. The Hall–Kier alpha value is -3.85. The molecule has 2 aromatic carbocycles. The Morgan fingerprint density at radius 3 is 2.74 bits per heavy atom. The minimum atomic E-state index is -0.541. The normalized spacial score (nSPS) is 16.8. The molecule has 1 amide bonds. The van der Waals surface area contributed by atoms with Gasteiger partial charge in [-0.2, -0.15) is 0 Å². The number of amides is 1. The van der Waals surface area contributed by atoms with Gasteiger partial charge in [-0.3, -0.25) is 4.79 Å². The zero-order valence-corrected chi connectivity index (χ0v) is 18.9. The summed E-state index contributed by atoms with van der Waals surface area (Å²) in [6.45, 7) is 2.33. The molecule has 2 heterocycles. The number of H-pyrrole nitrogens is 1. The van der Waals surface area contributed by atoms with E-state index >= 15 is 4.39 Å². The molecule has 1 saturated carbocycles. The molecule has 2 atom stereocenters. The minimum Gasteiger partial charge on any atom is -0.478 e. The zero-order chi connectivity index (χ0) is 23.7. The highest BCUT2D eigenvalue weighted by Crippen LogP contribution is 2.48. The number of nitrogens with one attached hydrogen (secondary N) is 2. The van der Waals surface area contributed by atoms with E-state index in [2.05, 4.69) is 30.9 Å². The SMILES string of the molecule is CCOc1ccc(-c2c(F)cc(NC(=O)C3CC3c3ccc(Cl)cc3)cc2-c2nnn[nH]2)cn1. The van der Waals surface area contributed by atoms with E-state index in [9.17, 15) is 4.79 Å². The van der Waals surface area contributed by atoms with Crippen molar-refractivity contribution < 1.29 is 13.9 Å². The summed E-state index contributed by atoms with van der Waals surface area (Å²) in [5.41, 5.74) is 2.56. The summed E-state index contributed by atoms with van der Waals surface area (Å²) in [4.78, 5) is 17.1. The van der Waals surface area contributed by atoms with Gasteiger partial charge in [-0.15, -0.1) is 5.10 Å². The Morgan fingerprint density at radius 2 is 2.06 bits per heavy atom. The number of ether oxygens (including phenoxy) is 1. The number of rotatable bonds is 7. The molecule has 34 heavy (non-hydrogen) atoms. The number of tetrazole rings is 1. The predicted octanol–water partition coefficient (Wildman–Crippen LogP) is 4.86. The standard InChI is InChI=1S/C24H20ClFN6O2/c1-2-34-21-8-5-14(12-27-21)22-19(23-29-31-32-30-23)9-16(10-20(22)26)28-24(33)18-11-17(18)13-3-6-15(25)7-4-13/h3-10,12,17-18H,2,11H2,1H3,(H,28,33)(H,29,30,31,32). The van der Waals surface area contributed by atoms with Crippen LogP contribution in [0.25, 0.3) is 22.5 Å². The summed E-state index contributed by atoms with van der Waals surface area (Å²) >= 11 is 5.95. The minimum absolute atomic E-state index is 0.120. The second-order valence-corrected chi connectivity index (χ2v) is 8.37. The van der Waals surface area contributed by atoms with Crippen molar-refractivity contribution in [3.05, 3.63) is 71.1 Å². The number of halogens is 2. The van der Waals surface area contributed by atoms with Crippen LogP contribution in [-0.4, -0.2) is 38.1 Å². The highest BCUT2D eigenvalue weighted by molar-refractivity contribution is 6.30. The number of pyridine rings is 1. The first kappa shape index (κ1) is 22.0. The highest BCUT2D eigenvalue weighted by Gasteiger charge is 2.44. The molecule has 1 fully saturated rings. The van der Waals surface area contributed by atoms with Gasteiger partial charge >= 0.3 is 0 Å². The quantitative estimate of drug-likeness (QED) is 0.393. The smallest absolute Gasteiger partial charge is 0.228 e. The van der Waals surface area contributed by atoms with E-state index in [1.54, 1.807) is 18.2 Å². The molecule has 4 aromatic rings. The topological polar surface area (TPSA) is 106 Å². The molecule has 0 saturated heterocycles. The predicted molar refractivity (Wildman–Crippen MR) is 125 cm³/mol. The van der Waals surface area contributed by atoms with Crippen molar-refractivity contribution in [1.29, 1.82) is 0 Å². The fourth-order valence-corrected chi connectivity index (χ4v) is 4.12. The van der Waals surface area contributed by atoms with Crippen LogP contribution in [0.3, 0.4) is 0 Å². The van der Waals surface area contributed by atoms with E-state index < -0.39 is 5.82 Å². The molecule has 2 aromatic heterocycles. The molecule has 0 aliphatic heterocycles. The lowest BCUT2D eigenvalue weighted by Crippen LogP contribution is -2.15. The van der Waals surface area contributed by atoms with Crippen LogP contribution in [0.15, 0.2) is 54.7 Å². The van der Waals surface area contributed by atoms with Crippen LogP contribution in [0, 0.1) is 11.7 Å². The van der Waals surface area contributed by atoms with Crippen molar-refractivity contribution in [3.8, 4) is 28.4 Å². The summed E-state index contributed by atoms with van der Waals surface area (Å²) < 4.78 is 20.7. The van der Waals surface area contributed by atoms with Gasteiger partial charge in [0.05, 0.1) is 6.61 Å². The number of anilines is 1. The second-order valence-electron chi connectivity index (χ2n) is 7.94. The van der Waals surface area contributed by atoms with Crippen LogP contribution in [0.5, 0.6) is 5.88 Å². The number of aromatic nitrogens is 5. The summed E-state index contributed by atoms with van der Waals surface area (Å²) in [5.74, 6) is -0.0667. The maximum atomic E-state index is 15.4. The third kappa shape index (κ3) is 4.47. The molecule has 5 rings (SSSR count). The summed E-state index contributed by atoms with van der Waals surface area (Å²) in [6.07, 6.45) is 2.25. The molecule has 10 heteroatoms. The first-order valence-corrected chi connectivity index (χ1v) is 11.1. The van der Waals surface area contributed by atoms with Gasteiger partial charge in [-0.25, -0.2) is 14.5 Å². The molecule has 0 bridgehead atoms. The van der Waals surface area contributed by atoms with Crippen molar-refractivity contribution in [3.63, 3.8) is 0 Å². The van der Waals surface area contributed by atoms with Gasteiger partial charge in [0.1, 0.15) is 5.82 Å². The van der Waals surface area contributed by atoms with Crippen molar-refractivity contribution in [1.82, 2.24) is 25.6 Å². The van der Waals surface area contributed by atoms with Gasteiger partial charge in [-0.1, -0.05) is 23.7 Å². The fraction of sp³-hybridized carbons (Fsp3) is 0.208. The molecule has 2 N–H and O–H groups in total. The van der Waals surface area contributed by atoms with Gasteiger partial charge in [0, 0.05) is 45.6 Å². The lowest BCUT2D eigenvalue weighted by molar-refractivity contribution is -0.117. The van der Waals surface area contributed by atoms with Gasteiger partial charge in [-0.05, 0) is 65.6 Å². The van der Waals surface area contributed by atoms with Crippen LogP contribution in [0.2, 0.25) is 5.02 Å². The molecular weight excluding hydrogens is 459 g/mol. The van der Waals surface area contributed by atoms with Crippen molar-refractivity contribution in [2.75, 3.05) is 11.9 Å². The first-order chi connectivity index (χ1) is 16.5. The molecule has 0 radical (unpaired) electrons. The number of hydrogen-bond acceptors (Lipinski definition) is 6. The Kier molecular flexibility index (Phi) is 5.93. The molecule has 172 valence electrons. The third-order valence-corrected chi connectivity index (χ3v) is 5.95. The van der Waals surface area contributed by atoms with Gasteiger partial charge in [0.15, 0.2) is 5.82 Å². The van der Waals surface area contributed by atoms with Gasteiger partial charge in [0.2, 0.25) is 11.8 Å². The lowest BCUT2D eigenvalue weighted by atomic mass is 9.99. The second kappa shape index (κ2) is 9.18. The van der Waals surface area contributed by atoms with E-state index in [1.807, 2.05) is 31.2 Å². The van der Waals surface area contributed by atoms with E-state index in [-0.39, 0.29) is 29.1 Å². The average molecular weight is 479 g/mol.